The number of aryl methyl sites for hydroxylation is 2. The molecule has 0 fully saturated rings. The van der Waals surface area contributed by atoms with Crippen molar-refractivity contribution in [2.75, 3.05) is 5.75 Å². The average molecular weight is 376 g/mol. The molecule has 4 aromatic rings. The molecule has 0 saturated carbocycles. The van der Waals surface area contributed by atoms with Gasteiger partial charge in [0.05, 0.1) is 10.6 Å². The van der Waals surface area contributed by atoms with Gasteiger partial charge in [-0.05, 0) is 42.7 Å². The average Bonchev–Trinajstić information content (AvgIpc) is 3.10. The topological polar surface area (TPSA) is 62.8 Å². The van der Waals surface area contributed by atoms with Crippen molar-refractivity contribution in [1.82, 2.24) is 9.97 Å². The Hall–Kier alpha value is -2.92. The van der Waals surface area contributed by atoms with Crippen molar-refractivity contribution in [3.8, 4) is 11.1 Å². The van der Waals surface area contributed by atoms with Gasteiger partial charge in [-0.2, -0.15) is 0 Å². The number of fused-ring (bicyclic) bond motifs is 1. The van der Waals surface area contributed by atoms with Gasteiger partial charge in [0.25, 0.3) is 0 Å². The van der Waals surface area contributed by atoms with E-state index in [1.54, 1.807) is 12.1 Å². The fourth-order valence-corrected chi connectivity index (χ4v) is 4.44. The molecule has 136 valence electrons. The Morgan fingerprint density at radius 3 is 2.44 bits per heavy atom. The predicted molar refractivity (Wildman–Crippen MR) is 108 cm³/mol. The summed E-state index contributed by atoms with van der Waals surface area (Å²) in [5.74, 6) is 0.0680. The number of aromatic amines is 1. The van der Waals surface area contributed by atoms with E-state index in [0.717, 1.165) is 33.3 Å². The summed E-state index contributed by atoms with van der Waals surface area (Å²) in [6, 6.07) is 19.1. The zero-order valence-electron chi connectivity index (χ0n) is 15.0. The molecular formula is C22H20N2O2S. The normalized spacial score (nSPS) is 11.7. The van der Waals surface area contributed by atoms with E-state index < -0.39 is 9.84 Å². The number of hydrogen-bond acceptors (Lipinski definition) is 3. The van der Waals surface area contributed by atoms with Crippen LogP contribution in [0.2, 0.25) is 0 Å². The van der Waals surface area contributed by atoms with E-state index in [-0.39, 0.29) is 5.75 Å². The van der Waals surface area contributed by atoms with Crippen molar-refractivity contribution in [1.29, 1.82) is 0 Å². The second kappa shape index (κ2) is 7.00. The molecule has 0 aliphatic rings. The maximum atomic E-state index is 12.6. The van der Waals surface area contributed by atoms with Gasteiger partial charge in [0, 0.05) is 23.3 Å². The van der Waals surface area contributed by atoms with E-state index in [9.17, 15) is 8.42 Å². The number of hydrogen-bond donors (Lipinski definition) is 1. The third-order valence-electron chi connectivity index (χ3n) is 4.74. The molecule has 0 bridgehead atoms. The molecule has 0 atom stereocenters. The van der Waals surface area contributed by atoms with Crippen molar-refractivity contribution in [3.63, 3.8) is 0 Å². The maximum absolute atomic E-state index is 12.6. The number of nitrogens with one attached hydrogen (secondary N) is 1. The summed E-state index contributed by atoms with van der Waals surface area (Å²) in [5, 5.41) is 0.968. The summed E-state index contributed by atoms with van der Waals surface area (Å²) in [4.78, 5) is 8.00. The highest BCUT2D eigenvalue weighted by molar-refractivity contribution is 7.91. The number of sulfone groups is 1. The van der Waals surface area contributed by atoms with Gasteiger partial charge in [0.15, 0.2) is 9.84 Å². The van der Waals surface area contributed by atoms with Crippen LogP contribution >= 0.6 is 0 Å². The Balaban J connectivity index is 1.61. The first kappa shape index (κ1) is 17.5. The first-order chi connectivity index (χ1) is 13.0. The predicted octanol–water partition coefficient (Wildman–Crippen LogP) is 4.55. The van der Waals surface area contributed by atoms with E-state index in [0.29, 0.717) is 11.3 Å². The van der Waals surface area contributed by atoms with Gasteiger partial charge in [-0.25, -0.2) is 13.4 Å². The molecule has 0 amide bonds. The van der Waals surface area contributed by atoms with Crippen molar-refractivity contribution in [2.45, 2.75) is 18.2 Å². The Labute approximate surface area is 158 Å². The molecular weight excluding hydrogens is 356 g/mol. The van der Waals surface area contributed by atoms with Gasteiger partial charge in [-0.1, -0.05) is 48.0 Å². The summed E-state index contributed by atoms with van der Waals surface area (Å²) < 4.78 is 25.3. The number of pyridine rings is 1. The highest BCUT2D eigenvalue weighted by atomic mass is 32.2. The van der Waals surface area contributed by atoms with Gasteiger partial charge in [0.2, 0.25) is 0 Å². The van der Waals surface area contributed by atoms with E-state index in [4.69, 9.17) is 0 Å². The molecule has 2 aromatic heterocycles. The van der Waals surface area contributed by atoms with Gasteiger partial charge < -0.3 is 4.98 Å². The minimum Gasteiger partial charge on any atom is -0.346 e. The molecule has 5 heteroatoms. The lowest BCUT2D eigenvalue weighted by Gasteiger charge is -2.05. The molecule has 4 rings (SSSR count). The van der Waals surface area contributed by atoms with Crippen LogP contribution in [0.15, 0.2) is 78.0 Å². The van der Waals surface area contributed by atoms with Crippen LogP contribution in [0.5, 0.6) is 0 Å². The number of H-pyrrole nitrogens is 1. The molecule has 2 aromatic carbocycles. The fourth-order valence-electron chi connectivity index (χ4n) is 3.16. The number of nitrogens with zero attached hydrogens (tertiary/aromatic N) is 1. The summed E-state index contributed by atoms with van der Waals surface area (Å²) in [7, 11) is -3.32. The van der Waals surface area contributed by atoms with E-state index in [1.165, 1.54) is 0 Å². The highest BCUT2D eigenvalue weighted by Gasteiger charge is 2.16. The Morgan fingerprint density at radius 2 is 1.70 bits per heavy atom. The Bertz CT molecular complexity index is 1180. The van der Waals surface area contributed by atoms with E-state index in [2.05, 4.69) is 16.0 Å². The fraction of sp³-hybridized carbons (Fsp3) is 0.136. The van der Waals surface area contributed by atoms with Crippen molar-refractivity contribution in [3.05, 3.63) is 84.2 Å². The quantitative estimate of drug-likeness (QED) is 0.556. The van der Waals surface area contributed by atoms with Crippen LogP contribution in [-0.2, 0) is 16.3 Å². The molecule has 0 radical (unpaired) electrons. The molecule has 0 aliphatic carbocycles. The van der Waals surface area contributed by atoms with Crippen LogP contribution < -0.4 is 0 Å². The minimum atomic E-state index is -3.32. The molecule has 4 nitrogen and oxygen atoms in total. The van der Waals surface area contributed by atoms with Crippen molar-refractivity contribution < 1.29 is 8.42 Å². The lowest BCUT2D eigenvalue weighted by molar-refractivity contribution is 0.595. The molecule has 0 saturated heterocycles. The van der Waals surface area contributed by atoms with Crippen LogP contribution in [0.3, 0.4) is 0 Å². The van der Waals surface area contributed by atoms with Crippen LogP contribution in [0, 0.1) is 6.92 Å². The summed E-state index contributed by atoms with van der Waals surface area (Å²) >= 11 is 0. The Kier molecular flexibility index (Phi) is 4.54. The molecule has 2 heterocycles. The first-order valence-corrected chi connectivity index (χ1v) is 10.5. The van der Waals surface area contributed by atoms with E-state index >= 15 is 0 Å². The standard InChI is InChI=1S/C22H20N2O2S/c1-16-7-9-20(10-8-16)27(25,26)12-11-18-14-23-22-21(18)13-19(15-24-22)17-5-3-2-4-6-17/h2-10,13-15H,11-12H2,1H3,(H,23,24). The zero-order valence-corrected chi connectivity index (χ0v) is 15.8. The molecule has 0 aliphatic heterocycles. The van der Waals surface area contributed by atoms with Gasteiger partial charge in [-0.3, -0.25) is 0 Å². The molecule has 27 heavy (non-hydrogen) atoms. The largest absolute Gasteiger partial charge is 0.346 e. The van der Waals surface area contributed by atoms with Crippen LogP contribution in [0.4, 0.5) is 0 Å². The monoisotopic (exact) mass is 376 g/mol. The molecule has 0 spiro atoms. The SMILES string of the molecule is Cc1ccc(S(=O)(=O)CCc2c[nH]c3ncc(-c4ccccc4)cc23)cc1. The Morgan fingerprint density at radius 1 is 0.963 bits per heavy atom. The third-order valence-corrected chi connectivity index (χ3v) is 6.48. The highest BCUT2D eigenvalue weighted by Crippen LogP contribution is 2.25. The molecule has 0 unspecified atom stereocenters. The van der Waals surface area contributed by atoms with Crippen LogP contribution in [-0.4, -0.2) is 24.1 Å². The van der Waals surface area contributed by atoms with Crippen LogP contribution in [0.1, 0.15) is 11.1 Å². The second-order valence-electron chi connectivity index (χ2n) is 6.68. The number of rotatable bonds is 5. The summed E-state index contributed by atoms with van der Waals surface area (Å²) in [6.07, 6.45) is 4.13. The maximum Gasteiger partial charge on any atom is 0.178 e. The van der Waals surface area contributed by atoms with Gasteiger partial charge in [0.1, 0.15) is 5.65 Å². The molecule has 1 N–H and O–H groups in total. The van der Waals surface area contributed by atoms with Crippen molar-refractivity contribution >= 4 is 20.9 Å². The van der Waals surface area contributed by atoms with Crippen molar-refractivity contribution in [2.24, 2.45) is 0 Å². The van der Waals surface area contributed by atoms with Crippen LogP contribution in [0.25, 0.3) is 22.2 Å². The van der Waals surface area contributed by atoms with Gasteiger partial charge >= 0.3 is 0 Å². The zero-order chi connectivity index (χ0) is 18.9. The van der Waals surface area contributed by atoms with E-state index in [1.807, 2.05) is 61.8 Å². The minimum absolute atomic E-state index is 0.0680. The smallest absolute Gasteiger partial charge is 0.178 e. The first-order valence-electron chi connectivity index (χ1n) is 8.84. The van der Waals surface area contributed by atoms with Gasteiger partial charge in [-0.15, -0.1) is 0 Å². The summed E-state index contributed by atoms with van der Waals surface area (Å²) in [5.41, 5.74) is 4.89. The lowest BCUT2D eigenvalue weighted by atomic mass is 10.1. The summed E-state index contributed by atoms with van der Waals surface area (Å²) in [6.45, 7) is 1.94. The lowest BCUT2D eigenvalue weighted by Crippen LogP contribution is -2.09. The number of benzene rings is 2. The third kappa shape index (κ3) is 3.64. The second-order valence-corrected chi connectivity index (χ2v) is 8.79. The number of aromatic nitrogens is 2.